The van der Waals surface area contributed by atoms with Gasteiger partial charge in [0.2, 0.25) is 0 Å². The first-order chi connectivity index (χ1) is 6.25. The van der Waals surface area contributed by atoms with Crippen molar-refractivity contribution in [3.8, 4) is 11.4 Å². The Kier molecular flexibility index (Phi) is 2.14. The molecule has 4 heteroatoms. The Morgan fingerprint density at radius 3 is 2.46 bits per heavy atom. The summed E-state index contributed by atoms with van der Waals surface area (Å²) in [5.41, 5.74) is 1.02. The number of hydrogen-bond donors (Lipinski definition) is 1. The third-order valence-electron chi connectivity index (χ3n) is 1.70. The molecule has 2 aromatic rings. The molecule has 0 bridgehead atoms. The van der Waals surface area contributed by atoms with Gasteiger partial charge in [-0.1, -0.05) is 28.1 Å². The first-order valence-corrected chi connectivity index (χ1v) is 4.70. The molecule has 3 nitrogen and oxygen atoms in total. The van der Waals surface area contributed by atoms with Crippen LogP contribution < -0.4 is 0 Å². The number of halogens is 1. The lowest BCUT2D eigenvalue weighted by Crippen LogP contribution is -1.79. The second-order valence-electron chi connectivity index (χ2n) is 2.75. The first kappa shape index (κ1) is 8.44. The molecule has 0 spiro atoms. The third-order valence-corrected chi connectivity index (χ3v) is 2.23. The Morgan fingerprint density at radius 1 is 1.23 bits per heavy atom. The highest BCUT2D eigenvalue weighted by atomic mass is 79.9. The lowest BCUT2D eigenvalue weighted by Gasteiger charge is -1.93. The molecule has 0 aliphatic carbocycles. The Bertz CT molecular complexity index is 405. The minimum Gasteiger partial charge on any atom is -0.263 e. The summed E-state index contributed by atoms with van der Waals surface area (Å²) >= 11 is 3.37. The molecule has 0 unspecified atom stereocenters. The number of hydrogen-bond acceptors (Lipinski definition) is 2. The molecule has 0 aliphatic heterocycles. The molecule has 13 heavy (non-hydrogen) atoms. The van der Waals surface area contributed by atoms with E-state index in [1.807, 2.05) is 31.2 Å². The average molecular weight is 238 g/mol. The van der Waals surface area contributed by atoms with Crippen molar-refractivity contribution >= 4 is 15.9 Å². The largest absolute Gasteiger partial charge is 0.263 e. The zero-order chi connectivity index (χ0) is 9.26. The molecule has 0 saturated heterocycles. The van der Waals surface area contributed by atoms with Crippen molar-refractivity contribution < 1.29 is 0 Å². The van der Waals surface area contributed by atoms with E-state index in [0.29, 0.717) is 0 Å². The number of benzene rings is 1. The van der Waals surface area contributed by atoms with Crippen LogP contribution in [0.4, 0.5) is 0 Å². The van der Waals surface area contributed by atoms with Crippen LogP contribution >= 0.6 is 15.9 Å². The smallest absolute Gasteiger partial charge is 0.181 e. The van der Waals surface area contributed by atoms with Gasteiger partial charge in [-0.15, -0.1) is 0 Å². The third kappa shape index (κ3) is 1.78. The highest BCUT2D eigenvalue weighted by molar-refractivity contribution is 9.10. The number of aromatic nitrogens is 3. The summed E-state index contributed by atoms with van der Waals surface area (Å²) in [6.07, 6.45) is 0. The fourth-order valence-electron chi connectivity index (χ4n) is 1.07. The molecule has 0 saturated carbocycles. The summed E-state index contributed by atoms with van der Waals surface area (Å²) in [5, 5.41) is 6.87. The zero-order valence-corrected chi connectivity index (χ0v) is 8.67. The van der Waals surface area contributed by atoms with Crippen LogP contribution in [0.2, 0.25) is 0 Å². The van der Waals surface area contributed by atoms with Gasteiger partial charge in [0, 0.05) is 10.0 Å². The number of nitrogens with one attached hydrogen (secondary N) is 1. The van der Waals surface area contributed by atoms with Crippen LogP contribution in [-0.2, 0) is 0 Å². The molecule has 1 aromatic carbocycles. The maximum absolute atomic E-state index is 4.23. The van der Waals surface area contributed by atoms with Crippen LogP contribution in [0.1, 0.15) is 5.82 Å². The van der Waals surface area contributed by atoms with Gasteiger partial charge in [-0.25, -0.2) is 4.98 Å². The van der Waals surface area contributed by atoms with Crippen molar-refractivity contribution in [2.24, 2.45) is 0 Å². The second-order valence-corrected chi connectivity index (χ2v) is 3.67. The van der Waals surface area contributed by atoms with Gasteiger partial charge < -0.3 is 0 Å². The summed E-state index contributed by atoms with van der Waals surface area (Å²) in [5.74, 6) is 1.57. The van der Waals surface area contributed by atoms with Crippen LogP contribution in [0.5, 0.6) is 0 Å². The van der Waals surface area contributed by atoms with Crippen LogP contribution in [0.3, 0.4) is 0 Å². The molecule has 0 fully saturated rings. The summed E-state index contributed by atoms with van der Waals surface area (Å²) in [7, 11) is 0. The van der Waals surface area contributed by atoms with Crippen LogP contribution in [-0.4, -0.2) is 15.2 Å². The summed E-state index contributed by atoms with van der Waals surface area (Å²) in [6, 6.07) is 7.90. The van der Waals surface area contributed by atoms with Crippen molar-refractivity contribution in [3.05, 3.63) is 34.6 Å². The van der Waals surface area contributed by atoms with E-state index in [4.69, 9.17) is 0 Å². The standard InChI is InChI=1S/C9H8BrN3/c1-6-11-9(13-12-6)7-2-4-8(10)5-3-7/h2-5H,1H3,(H,11,12,13). The number of aromatic amines is 1. The molecule has 0 aliphatic rings. The Morgan fingerprint density at radius 2 is 1.92 bits per heavy atom. The lowest BCUT2D eigenvalue weighted by molar-refractivity contribution is 1.04. The Labute approximate surface area is 84.3 Å². The summed E-state index contributed by atoms with van der Waals surface area (Å²) < 4.78 is 1.06. The number of aryl methyl sites for hydroxylation is 1. The van der Waals surface area contributed by atoms with Gasteiger partial charge in [-0.3, -0.25) is 5.10 Å². The van der Waals surface area contributed by atoms with Crippen LogP contribution in [0, 0.1) is 6.92 Å². The van der Waals surface area contributed by atoms with Crippen LogP contribution in [0.25, 0.3) is 11.4 Å². The first-order valence-electron chi connectivity index (χ1n) is 3.90. The quantitative estimate of drug-likeness (QED) is 0.829. The average Bonchev–Trinajstić information content (AvgIpc) is 2.53. The van der Waals surface area contributed by atoms with Gasteiger partial charge >= 0.3 is 0 Å². The van der Waals surface area contributed by atoms with Crippen molar-refractivity contribution in [3.63, 3.8) is 0 Å². The topological polar surface area (TPSA) is 41.6 Å². The van der Waals surface area contributed by atoms with E-state index in [1.54, 1.807) is 0 Å². The molecule has 0 amide bonds. The molecule has 1 N–H and O–H groups in total. The molecule has 1 aromatic heterocycles. The molecule has 1 heterocycles. The van der Waals surface area contributed by atoms with E-state index in [0.717, 1.165) is 21.7 Å². The predicted octanol–water partition coefficient (Wildman–Crippen LogP) is 2.54. The molecular formula is C9H8BrN3. The second kappa shape index (κ2) is 3.30. The fraction of sp³-hybridized carbons (Fsp3) is 0.111. The molecule has 2 rings (SSSR count). The Hall–Kier alpha value is -1.16. The van der Waals surface area contributed by atoms with Gasteiger partial charge in [-0.2, -0.15) is 5.10 Å². The molecular weight excluding hydrogens is 230 g/mol. The van der Waals surface area contributed by atoms with E-state index in [9.17, 15) is 0 Å². The Balaban J connectivity index is 2.41. The monoisotopic (exact) mass is 237 g/mol. The zero-order valence-electron chi connectivity index (χ0n) is 7.08. The van der Waals surface area contributed by atoms with Crippen molar-refractivity contribution in [2.75, 3.05) is 0 Å². The lowest BCUT2D eigenvalue weighted by atomic mass is 10.2. The SMILES string of the molecule is Cc1nc(-c2ccc(Br)cc2)n[nH]1. The minimum atomic E-state index is 0.741. The van der Waals surface area contributed by atoms with E-state index < -0.39 is 0 Å². The fourth-order valence-corrected chi connectivity index (χ4v) is 1.34. The van der Waals surface area contributed by atoms with Crippen molar-refractivity contribution in [1.29, 1.82) is 0 Å². The van der Waals surface area contributed by atoms with Gasteiger partial charge in [-0.05, 0) is 19.1 Å². The maximum Gasteiger partial charge on any atom is 0.181 e. The summed E-state index contributed by atoms with van der Waals surface area (Å²) in [6.45, 7) is 1.88. The van der Waals surface area contributed by atoms with E-state index in [2.05, 4.69) is 31.1 Å². The highest BCUT2D eigenvalue weighted by Crippen LogP contribution is 2.17. The predicted molar refractivity (Wildman–Crippen MR) is 54.3 cm³/mol. The van der Waals surface area contributed by atoms with Gasteiger partial charge in [0.1, 0.15) is 5.82 Å². The van der Waals surface area contributed by atoms with Crippen molar-refractivity contribution in [1.82, 2.24) is 15.2 Å². The molecule has 0 atom stereocenters. The maximum atomic E-state index is 4.23. The van der Waals surface area contributed by atoms with Gasteiger partial charge in [0.25, 0.3) is 0 Å². The highest BCUT2D eigenvalue weighted by Gasteiger charge is 2.01. The number of H-pyrrole nitrogens is 1. The van der Waals surface area contributed by atoms with E-state index >= 15 is 0 Å². The van der Waals surface area contributed by atoms with Gasteiger partial charge in [0.15, 0.2) is 5.82 Å². The van der Waals surface area contributed by atoms with Crippen LogP contribution in [0.15, 0.2) is 28.7 Å². The molecule has 66 valence electrons. The van der Waals surface area contributed by atoms with E-state index in [-0.39, 0.29) is 0 Å². The van der Waals surface area contributed by atoms with Gasteiger partial charge in [0.05, 0.1) is 0 Å². The minimum absolute atomic E-state index is 0.741. The molecule has 0 radical (unpaired) electrons. The normalized spacial score (nSPS) is 10.3. The van der Waals surface area contributed by atoms with Crippen molar-refractivity contribution in [2.45, 2.75) is 6.92 Å². The number of rotatable bonds is 1. The number of nitrogens with zero attached hydrogens (tertiary/aromatic N) is 2. The summed E-state index contributed by atoms with van der Waals surface area (Å²) in [4.78, 5) is 4.23. The van der Waals surface area contributed by atoms with E-state index in [1.165, 1.54) is 0 Å².